The Hall–Kier alpha value is -0.520. The minimum absolute atomic E-state index is 0.0619. The highest BCUT2D eigenvalue weighted by Gasteiger charge is 2.40. The van der Waals surface area contributed by atoms with Gasteiger partial charge in [-0.1, -0.05) is 6.92 Å². The molecule has 0 aliphatic carbocycles. The summed E-state index contributed by atoms with van der Waals surface area (Å²) in [7, 11) is 0. The van der Waals surface area contributed by atoms with Gasteiger partial charge in [0.1, 0.15) is 11.6 Å². The fourth-order valence-corrected chi connectivity index (χ4v) is 3.14. The molecule has 0 bridgehead atoms. The topological polar surface area (TPSA) is 15.3 Å². The first kappa shape index (κ1) is 16.8. The zero-order valence-electron chi connectivity index (χ0n) is 13.1. The lowest BCUT2D eigenvalue weighted by atomic mass is 9.87. The largest absolute Gasteiger partial charge is 0.309 e. The standard InChI is InChI=1S/C16H23BrF2N2/c1-5-16(4)9-20-15(2,3)10-21(16)8-11-13(18)7-6-12(17)14(11)19/h6-7,20H,5,8-10H2,1-4H3. The van der Waals surface area contributed by atoms with Gasteiger partial charge in [-0.25, -0.2) is 8.78 Å². The number of rotatable bonds is 3. The zero-order chi connectivity index (χ0) is 15.8. The van der Waals surface area contributed by atoms with Crippen LogP contribution in [0.3, 0.4) is 0 Å². The van der Waals surface area contributed by atoms with E-state index in [-0.39, 0.29) is 23.2 Å². The molecular weight excluding hydrogens is 338 g/mol. The smallest absolute Gasteiger partial charge is 0.144 e. The van der Waals surface area contributed by atoms with Crippen molar-refractivity contribution in [2.24, 2.45) is 0 Å². The van der Waals surface area contributed by atoms with Crippen LogP contribution in [-0.4, -0.2) is 29.1 Å². The number of nitrogens with zero attached hydrogens (tertiary/aromatic N) is 1. The van der Waals surface area contributed by atoms with Crippen molar-refractivity contribution in [3.8, 4) is 0 Å². The Morgan fingerprint density at radius 2 is 1.95 bits per heavy atom. The molecule has 1 N–H and O–H groups in total. The molecule has 1 unspecified atom stereocenters. The molecule has 1 heterocycles. The summed E-state index contributed by atoms with van der Waals surface area (Å²) in [5.74, 6) is -0.977. The highest BCUT2D eigenvalue weighted by molar-refractivity contribution is 9.10. The van der Waals surface area contributed by atoms with Crippen LogP contribution in [0.5, 0.6) is 0 Å². The molecule has 1 aromatic rings. The normalized spacial score (nSPS) is 26.0. The Bertz CT molecular complexity index is 533. The Morgan fingerprint density at radius 3 is 2.57 bits per heavy atom. The summed E-state index contributed by atoms with van der Waals surface area (Å²) in [5, 5.41) is 3.52. The van der Waals surface area contributed by atoms with Crippen molar-refractivity contribution in [1.82, 2.24) is 10.2 Å². The molecule has 0 saturated carbocycles. The van der Waals surface area contributed by atoms with Crippen molar-refractivity contribution < 1.29 is 8.78 Å². The van der Waals surface area contributed by atoms with Crippen molar-refractivity contribution in [2.75, 3.05) is 13.1 Å². The quantitative estimate of drug-likeness (QED) is 0.817. The molecule has 1 aliphatic rings. The molecule has 0 spiro atoms. The van der Waals surface area contributed by atoms with Crippen molar-refractivity contribution in [3.05, 3.63) is 33.8 Å². The molecule has 1 aliphatic heterocycles. The van der Waals surface area contributed by atoms with E-state index in [1.54, 1.807) is 0 Å². The fraction of sp³-hybridized carbons (Fsp3) is 0.625. The Morgan fingerprint density at radius 1 is 1.29 bits per heavy atom. The monoisotopic (exact) mass is 360 g/mol. The third kappa shape index (κ3) is 3.46. The van der Waals surface area contributed by atoms with Crippen LogP contribution in [0.2, 0.25) is 0 Å². The number of nitrogens with one attached hydrogen (secondary N) is 1. The van der Waals surface area contributed by atoms with Crippen LogP contribution in [0.1, 0.15) is 39.7 Å². The van der Waals surface area contributed by atoms with E-state index in [2.05, 4.69) is 53.8 Å². The lowest BCUT2D eigenvalue weighted by Crippen LogP contribution is -2.66. The maximum absolute atomic E-state index is 14.2. The molecular formula is C16H23BrF2N2. The van der Waals surface area contributed by atoms with E-state index in [0.717, 1.165) is 19.5 Å². The van der Waals surface area contributed by atoms with Crippen molar-refractivity contribution in [2.45, 2.75) is 51.7 Å². The van der Waals surface area contributed by atoms with Crippen molar-refractivity contribution >= 4 is 15.9 Å². The van der Waals surface area contributed by atoms with E-state index < -0.39 is 11.6 Å². The van der Waals surface area contributed by atoms with Gasteiger partial charge in [-0.2, -0.15) is 0 Å². The molecule has 2 rings (SSSR count). The molecule has 0 radical (unpaired) electrons. The second kappa shape index (κ2) is 5.94. The molecule has 0 amide bonds. The summed E-state index contributed by atoms with van der Waals surface area (Å²) < 4.78 is 28.6. The zero-order valence-corrected chi connectivity index (χ0v) is 14.7. The molecule has 21 heavy (non-hydrogen) atoms. The lowest BCUT2D eigenvalue weighted by Gasteiger charge is -2.51. The average Bonchev–Trinajstić information content (AvgIpc) is 2.43. The first-order valence-corrected chi connectivity index (χ1v) is 8.10. The van der Waals surface area contributed by atoms with Crippen LogP contribution >= 0.6 is 15.9 Å². The number of piperazine rings is 1. The molecule has 1 aromatic carbocycles. The molecule has 2 nitrogen and oxygen atoms in total. The summed E-state index contributed by atoms with van der Waals surface area (Å²) in [6.07, 6.45) is 0.924. The number of benzene rings is 1. The summed E-state index contributed by atoms with van der Waals surface area (Å²) >= 11 is 3.14. The van der Waals surface area contributed by atoms with Gasteiger partial charge >= 0.3 is 0 Å². The first-order chi connectivity index (χ1) is 9.68. The Balaban J connectivity index is 2.33. The first-order valence-electron chi connectivity index (χ1n) is 7.31. The van der Waals surface area contributed by atoms with Crippen LogP contribution in [0.15, 0.2) is 16.6 Å². The van der Waals surface area contributed by atoms with Crippen molar-refractivity contribution in [1.29, 1.82) is 0 Å². The van der Waals surface area contributed by atoms with Crippen LogP contribution < -0.4 is 5.32 Å². The van der Waals surface area contributed by atoms with E-state index in [9.17, 15) is 8.78 Å². The van der Waals surface area contributed by atoms with E-state index in [1.807, 2.05) is 0 Å². The predicted octanol–water partition coefficient (Wildman–Crippen LogP) is 4.08. The lowest BCUT2D eigenvalue weighted by molar-refractivity contribution is 0.0159. The SMILES string of the molecule is CCC1(C)CNC(C)(C)CN1Cc1c(F)ccc(Br)c1F. The van der Waals surface area contributed by atoms with Gasteiger partial charge in [0.15, 0.2) is 0 Å². The second-order valence-corrected chi connectivity index (χ2v) is 7.62. The van der Waals surface area contributed by atoms with Crippen LogP contribution in [0, 0.1) is 11.6 Å². The summed E-state index contributed by atoms with van der Waals surface area (Å²) in [4.78, 5) is 2.19. The Labute approximate surface area is 134 Å². The highest BCUT2D eigenvalue weighted by Crippen LogP contribution is 2.31. The van der Waals surface area contributed by atoms with Crippen molar-refractivity contribution in [3.63, 3.8) is 0 Å². The summed E-state index contributed by atoms with van der Waals surface area (Å²) in [6.45, 7) is 10.3. The molecule has 5 heteroatoms. The van der Waals surface area contributed by atoms with Crippen LogP contribution in [0.4, 0.5) is 8.78 Å². The van der Waals surface area contributed by atoms with E-state index in [0.29, 0.717) is 4.47 Å². The van der Waals surface area contributed by atoms with Gasteiger partial charge in [-0.3, -0.25) is 4.90 Å². The summed E-state index contributed by atoms with van der Waals surface area (Å²) in [5.41, 5.74) is -0.0218. The maximum atomic E-state index is 14.2. The molecule has 1 saturated heterocycles. The highest BCUT2D eigenvalue weighted by atomic mass is 79.9. The molecule has 1 atom stereocenters. The van der Waals surface area contributed by atoms with Crippen LogP contribution in [-0.2, 0) is 6.54 Å². The van der Waals surface area contributed by atoms with Gasteiger partial charge in [0.2, 0.25) is 0 Å². The second-order valence-electron chi connectivity index (χ2n) is 6.77. The molecule has 118 valence electrons. The minimum Gasteiger partial charge on any atom is -0.309 e. The van der Waals surface area contributed by atoms with Gasteiger partial charge in [0, 0.05) is 36.3 Å². The third-order valence-electron chi connectivity index (χ3n) is 4.55. The van der Waals surface area contributed by atoms with E-state index in [1.165, 1.54) is 12.1 Å². The Kier molecular flexibility index (Phi) is 4.76. The van der Waals surface area contributed by atoms with Gasteiger partial charge in [0.05, 0.1) is 4.47 Å². The molecule has 1 fully saturated rings. The van der Waals surface area contributed by atoms with E-state index in [4.69, 9.17) is 0 Å². The summed E-state index contributed by atoms with van der Waals surface area (Å²) in [6, 6.07) is 2.73. The fourth-order valence-electron chi connectivity index (χ4n) is 2.77. The molecule has 0 aromatic heterocycles. The number of halogens is 3. The van der Waals surface area contributed by atoms with Gasteiger partial charge < -0.3 is 5.32 Å². The van der Waals surface area contributed by atoms with Crippen LogP contribution in [0.25, 0.3) is 0 Å². The maximum Gasteiger partial charge on any atom is 0.144 e. The van der Waals surface area contributed by atoms with Gasteiger partial charge in [-0.15, -0.1) is 0 Å². The average molecular weight is 361 g/mol. The number of hydrogen-bond donors (Lipinski definition) is 1. The third-order valence-corrected chi connectivity index (χ3v) is 5.16. The van der Waals surface area contributed by atoms with Gasteiger partial charge in [-0.05, 0) is 55.3 Å². The van der Waals surface area contributed by atoms with E-state index >= 15 is 0 Å². The predicted molar refractivity (Wildman–Crippen MR) is 85.2 cm³/mol. The minimum atomic E-state index is -0.496. The number of hydrogen-bond acceptors (Lipinski definition) is 2. The van der Waals surface area contributed by atoms with Gasteiger partial charge in [0.25, 0.3) is 0 Å².